The lowest BCUT2D eigenvalue weighted by Gasteiger charge is -2.34. The van der Waals surface area contributed by atoms with Crippen LogP contribution < -0.4 is 4.90 Å². The summed E-state index contributed by atoms with van der Waals surface area (Å²) in [7, 11) is 0. The van der Waals surface area contributed by atoms with E-state index in [2.05, 4.69) is 278 Å². The molecule has 1 aliphatic carbocycles. The molecule has 2 nitrogen and oxygen atoms in total. The quantitative estimate of drug-likeness (QED) is 0.143. The number of rotatable bonds is 9. The molecular weight excluding hydrogens is 883 g/mol. The van der Waals surface area contributed by atoms with Gasteiger partial charge in [-0.05, 0) is 150 Å². The first-order valence-electron chi connectivity index (χ1n) is 25.1. The lowest BCUT2D eigenvalue weighted by molar-refractivity contribution is 0.669. The van der Waals surface area contributed by atoms with E-state index in [-0.39, 0.29) is 0 Å². The fourth-order valence-electron chi connectivity index (χ4n) is 11.7. The molecule has 0 unspecified atom stereocenters. The van der Waals surface area contributed by atoms with Crippen LogP contribution in [0.4, 0.5) is 17.1 Å². The van der Waals surface area contributed by atoms with Gasteiger partial charge in [0, 0.05) is 27.7 Å². The highest BCUT2D eigenvalue weighted by Gasteiger charge is 2.47. The van der Waals surface area contributed by atoms with Crippen molar-refractivity contribution in [3.8, 4) is 55.6 Å². The maximum Gasteiger partial charge on any atom is 0.136 e. The van der Waals surface area contributed by atoms with Gasteiger partial charge in [-0.2, -0.15) is 0 Å². The highest BCUT2D eigenvalue weighted by atomic mass is 16.3. The molecule has 0 atom stereocenters. The molecule has 12 aromatic carbocycles. The normalized spacial score (nSPS) is 12.5. The van der Waals surface area contributed by atoms with Crippen LogP contribution in [-0.2, 0) is 5.41 Å². The standard InChI is InChI=1S/C71H47NO/c1-3-22-58(23-4-1)71(59-24-5-2-6-25-59)65-28-11-9-27-64(65)70-66(71)29-15-30-67(70)72(61-41-36-50(37-42-61)57-38-43-63-62-26-10-12-31-68(62)73-69(63)47-57)60-39-34-49(35-40-60)52-18-13-19-53(44-52)54-20-14-21-55(46-54)56-33-32-48-16-7-8-17-51(48)45-56/h1-47H. The number of fused-ring (bicyclic) bond motifs is 7. The van der Waals surface area contributed by atoms with E-state index in [9.17, 15) is 0 Å². The minimum atomic E-state index is -0.529. The molecule has 2 heteroatoms. The van der Waals surface area contributed by atoms with Crippen LogP contribution >= 0.6 is 0 Å². The summed E-state index contributed by atoms with van der Waals surface area (Å²) in [4.78, 5) is 2.45. The van der Waals surface area contributed by atoms with Crippen LogP contribution in [0.5, 0.6) is 0 Å². The van der Waals surface area contributed by atoms with Gasteiger partial charge in [0.1, 0.15) is 11.2 Å². The second-order valence-corrected chi connectivity index (χ2v) is 19.2. The third-order valence-electron chi connectivity index (χ3n) is 15.1. The van der Waals surface area contributed by atoms with E-state index >= 15 is 0 Å². The van der Waals surface area contributed by atoms with E-state index in [0.717, 1.165) is 55.7 Å². The van der Waals surface area contributed by atoms with Crippen molar-refractivity contribution >= 4 is 49.8 Å². The Labute approximate surface area is 425 Å². The fraction of sp³-hybridized carbons (Fsp3) is 0.0141. The smallest absolute Gasteiger partial charge is 0.136 e. The van der Waals surface area contributed by atoms with E-state index in [1.165, 1.54) is 72.0 Å². The third kappa shape index (κ3) is 7.10. The van der Waals surface area contributed by atoms with Crippen molar-refractivity contribution in [1.29, 1.82) is 0 Å². The van der Waals surface area contributed by atoms with Crippen molar-refractivity contribution in [2.45, 2.75) is 5.41 Å². The molecule has 0 amide bonds. The molecule has 0 aliphatic heterocycles. The molecule has 0 saturated carbocycles. The first-order chi connectivity index (χ1) is 36.2. The summed E-state index contributed by atoms with van der Waals surface area (Å²) >= 11 is 0. The van der Waals surface area contributed by atoms with Crippen molar-refractivity contribution in [1.82, 2.24) is 0 Å². The van der Waals surface area contributed by atoms with Crippen LogP contribution in [0.15, 0.2) is 290 Å². The Bertz CT molecular complexity index is 4150. The van der Waals surface area contributed by atoms with Gasteiger partial charge in [-0.3, -0.25) is 0 Å². The molecule has 0 bridgehead atoms. The molecule has 0 saturated heterocycles. The summed E-state index contributed by atoms with van der Waals surface area (Å²) in [5.74, 6) is 0. The van der Waals surface area contributed by atoms with Crippen molar-refractivity contribution in [2.24, 2.45) is 0 Å². The van der Waals surface area contributed by atoms with Crippen molar-refractivity contribution in [3.63, 3.8) is 0 Å². The molecule has 13 aromatic rings. The maximum absolute atomic E-state index is 6.34. The van der Waals surface area contributed by atoms with Gasteiger partial charge < -0.3 is 9.32 Å². The molecule has 73 heavy (non-hydrogen) atoms. The number of hydrogen-bond donors (Lipinski definition) is 0. The number of furan rings is 1. The molecule has 0 N–H and O–H groups in total. The number of hydrogen-bond acceptors (Lipinski definition) is 2. The Morgan fingerprint density at radius 2 is 0.767 bits per heavy atom. The van der Waals surface area contributed by atoms with Gasteiger partial charge in [0.05, 0.1) is 11.1 Å². The van der Waals surface area contributed by atoms with Gasteiger partial charge >= 0.3 is 0 Å². The molecule has 0 spiro atoms. The summed E-state index contributed by atoms with van der Waals surface area (Å²) in [6, 6.07) is 104. The molecule has 1 aliphatic rings. The van der Waals surface area contributed by atoms with E-state index in [4.69, 9.17) is 4.42 Å². The fourth-order valence-corrected chi connectivity index (χ4v) is 11.7. The number of benzene rings is 12. The van der Waals surface area contributed by atoms with Crippen LogP contribution in [0.1, 0.15) is 22.3 Å². The molecule has 1 aromatic heterocycles. The minimum absolute atomic E-state index is 0.529. The van der Waals surface area contributed by atoms with Crippen LogP contribution in [0.3, 0.4) is 0 Å². The lowest BCUT2D eigenvalue weighted by Crippen LogP contribution is -2.28. The van der Waals surface area contributed by atoms with Crippen molar-refractivity contribution in [3.05, 3.63) is 307 Å². The van der Waals surface area contributed by atoms with Crippen molar-refractivity contribution in [2.75, 3.05) is 4.90 Å². The molecule has 14 rings (SSSR count). The zero-order valence-corrected chi connectivity index (χ0v) is 40.0. The summed E-state index contributed by atoms with van der Waals surface area (Å²) in [6.45, 7) is 0. The predicted octanol–water partition coefficient (Wildman–Crippen LogP) is 19.2. The lowest BCUT2D eigenvalue weighted by atomic mass is 9.68. The van der Waals surface area contributed by atoms with E-state index in [1.54, 1.807) is 0 Å². The minimum Gasteiger partial charge on any atom is -0.456 e. The van der Waals surface area contributed by atoms with Crippen LogP contribution in [0.25, 0.3) is 88.3 Å². The molecule has 342 valence electrons. The topological polar surface area (TPSA) is 16.4 Å². The number of para-hydroxylation sites is 1. The molecule has 0 radical (unpaired) electrons. The number of anilines is 3. The van der Waals surface area contributed by atoms with E-state index in [1.807, 2.05) is 12.1 Å². The van der Waals surface area contributed by atoms with Gasteiger partial charge in [-0.1, -0.05) is 218 Å². The van der Waals surface area contributed by atoms with Crippen LogP contribution in [0, 0.1) is 0 Å². The average Bonchev–Trinajstić information content (AvgIpc) is 4.05. The van der Waals surface area contributed by atoms with Gasteiger partial charge in [-0.25, -0.2) is 0 Å². The monoisotopic (exact) mass is 929 g/mol. The third-order valence-corrected chi connectivity index (χ3v) is 15.1. The Hall–Kier alpha value is -9.50. The summed E-state index contributed by atoms with van der Waals surface area (Å²) < 4.78 is 6.34. The zero-order chi connectivity index (χ0) is 48.3. The van der Waals surface area contributed by atoms with Crippen LogP contribution in [0.2, 0.25) is 0 Å². The Balaban J connectivity index is 0.889. The summed E-state index contributed by atoms with van der Waals surface area (Å²) in [6.07, 6.45) is 0. The van der Waals surface area contributed by atoms with Gasteiger partial charge in [-0.15, -0.1) is 0 Å². The first-order valence-corrected chi connectivity index (χ1v) is 25.1. The SMILES string of the molecule is c1ccc(C2(c3ccccc3)c3ccccc3-c3c(N(c4ccc(-c5cccc(-c6cccc(-c7ccc8ccccc8c7)c6)c5)cc4)c4ccc(-c5ccc6c(c5)oc5ccccc56)cc4)cccc32)cc1. The Morgan fingerprint density at radius 3 is 1.44 bits per heavy atom. The highest BCUT2D eigenvalue weighted by molar-refractivity contribution is 6.06. The molecular formula is C71H47NO. The van der Waals surface area contributed by atoms with Gasteiger partial charge in [0.15, 0.2) is 0 Å². The largest absolute Gasteiger partial charge is 0.456 e. The van der Waals surface area contributed by atoms with Gasteiger partial charge in [0.25, 0.3) is 0 Å². The highest BCUT2D eigenvalue weighted by Crippen LogP contribution is 2.59. The van der Waals surface area contributed by atoms with E-state index in [0.29, 0.717) is 0 Å². The predicted molar refractivity (Wildman–Crippen MR) is 305 cm³/mol. The number of nitrogens with zero attached hydrogens (tertiary/aromatic N) is 1. The van der Waals surface area contributed by atoms with Gasteiger partial charge in [0.2, 0.25) is 0 Å². The first kappa shape index (κ1) is 42.4. The van der Waals surface area contributed by atoms with Crippen LogP contribution in [-0.4, -0.2) is 0 Å². The Kier molecular flexibility index (Phi) is 10.1. The Morgan fingerprint density at radius 1 is 0.288 bits per heavy atom. The van der Waals surface area contributed by atoms with E-state index < -0.39 is 5.41 Å². The summed E-state index contributed by atoms with van der Waals surface area (Å²) in [5.41, 5.74) is 21.4. The average molecular weight is 930 g/mol. The second-order valence-electron chi connectivity index (χ2n) is 19.2. The maximum atomic E-state index is 6.34. The zero-order valence-electron chi connectivity index (χ0n) is 40.0. The molecule has 1 heterocycles. The summed E-state index contributed by atoms with van der Waals surface area (Å²) in [5, 5.41) is 4.76. The second kappa shape index (κ2) is 17.4. The van der Waals surface area contributed by atoms with Crippen molar-refractivity contribution < 1.29 is 4.42 Å². The molecule has 0 fully saturated rings.